The van der Waals surface area contributed by atoms with Crippen LogP contribution in [0, 0.1) is 0 Å². The van der Waals surface area contributed by atoms with Crippen molar-refractivity contribution in [2.45, 2.75) is 38.8 Å². The summed E-state index contributed by atoms with van der Waals surface area (Å²) in [7, 11) is 0. The average molecular weight is 250 g/mol. The van der Waals surface area contributed by atoms with Gasteiger partial charge in [-0.2, -0.15) is 5.10 Å². The number of nitrogens with zero attached hydrogens (tertiary/aromatic N) is 3. The molecule has 0 aromatic carbocycles. The Morgan fingerprint density at radius 1 is 1.61 bits per heavy atom. The van der Waals surface area contributed by atoms with Crippen molar-refractivity contribution in [2.24, 2.45) is 0 Å². The molecule has 0 saturated carbocycles. The molecule has 2 rings (SSSR count). The second kappa shape index (κ2) is 6.54. The lowest BCUT2D eigenvalue weighted by atomic mass is 10.2. The number of nitrogens with one attached hydrogen (secondary N) is 1. The molecule has 0 bridgehead atoms. The largest absolute Gasteiger partial charge is 0.340 e. The Bertz CT molecular complexity index is 357. The predicted molar refractivity (Wildman–Crippen MR) is 70.1 cm³/mol. The van der Waals surface area contributed by atoms with Gasteiger partial charge in [0.2, 0.25) is 5.91 Å². The van der Waals surface area contributed by atoms with Crippen molar-refractivity contribution in [1.29, 1.82) is 0 Å². The van der Waals surface area contributed by atoms with E-state index in [1.54, 1.807) is 10.9 Å². The highest BCUT2D eigenvalue weighted by Crippen LogP contribution is 2.08. The van der Waals surface area contributed by atoms with Crippen LogP contribution < -0.4 is 5.32 Å². The van der Waals surface area contributed by atoms with Crippen LogP contribution >= 0.6 is 0 Å². The van der Waals surface area contributed by atoms with Gasteiger partial charge < -0.3 is 10.2 Å². The fraction of sp³-hybridized carbons (Fsp3) is 0.692. The molecule has 0 aliphatic carbocycles. The zero-order chi connectivity index (χ0) is 12.8. The van der Waals surface area contributed by atoms with E-state index in [1.165, 1.54) is 12.8 Å². The summed E-state index contributed by atoms with van der Waals surface area (Å²) in [6.07, 6.45) is 6.93. The summed E-state index contributed by atoms with van der Waals surface area (Å²) in [4.78, 5) is 14.2. The molecular formula is C13H22N4O. The van der Waals surface area contributed by atoms with E-state index in [0.717, 1.165) is 26.1 Å². The molecule has 5 nitrogen and oxygen atoms in total. The molecule has 1 amide bonds. The van der Waals surface area contributed by atoms with Crippen molar-refractivity contribution in [2.75, 3.05) is 19.6 Å². The maximum Gasteiger partial charge on any atom is 0.244 e. The first-order valence-corrected chi connectivity index (χ1v) is 6.78. The number of hydrogen-bond acceptors (Lipinski definition) is 3. The minimum atomic E-state index is 0.161. The van der Waals surface area contributed by atoms with Crippen LogP contribution in [0.4, 0.5) is 0 Å². The summed E-state index contributed by atoms with van der Waals surface area (Å²) in [5.74, 6) is 0.161. The summed E-state index contributed by atoms with van der Waals surface area (Å²) in [6, 6.07) is 2.31. The second-order valence-electron chi connectivity index (χ2n) is 4.84. The zero-order valence-corrected chi connectivity index (χ0v) is 11.0. The molecule has 1 fully saturated rings. The van der Waals surface area contributed by atoms with Crippen LogP contribution in [0.25, 0.3) is 0 Å². The molecule has 2 heterocycles. The Balaban J connectivity index is 1.88. The SMILES string of the molecule is CCCN(CC1CCCN1)C(=O)Cn1cccn1. The van der Waals surface area contributed by atoms with Crippen LogP contribution in [0.5, 0.6) is 0 Å². The highest BCUT2D eigenvalue weighted by Gasteiger charge is 2.21. The molecule has 0 radical (unpaired) electrons. The number of aromatic nitrogens is 2. The van der Waals surface area contributed by atoms with Gasteiger partial charge in [-0.15, -0.1) is 0 Å². The monoisotopic (exact) mass is 250 g/mol. The Morgan fingerprint density at radius 2 is 2.50 bits per heavy atom. The Kier molecular flexibility index (Phi) is 4.75. The van der Waals surface area contributed by atoms with Crippen molar-refractivity contribution in [1.82, 2.24) is 20.0 Å². The van der Waals surface area contributed by atoms with Crippen molar-refractivity contribution in [3.8, 4) is 0 Å². The molecule has 100 valence electrons. The quantitative estimate of drug-likeness (QED) is 0.815. The van der Waals surface area contributed by atoms with Gasteiger partial charge in [-0.25, -0.2) is 0 Å². The fourth-order valence-electron chi connectivity index (χ4n) is 2.40. The normalized spacial score (nSPS) is 19.1. The summed E-state index contributed by atoms with van der Waals surface area (Å²) < 4.78 is 1.69. The lowest BCUT2D eigenvalue weighted by Crippen LogP contribution is -2.42. The summed E-state index contributed by atoms with van der Waals surface area (Å²) in [5, 5.41) is 7.53. The molecule has 1 aromatic heterocycles. The van der Waals surface area contributed by atoms with Crippen LogP contribution in [0.3, 0.4) is 0 Å². The van der Waals surface area contributed by atoms with E-state index >= 15 is 0 Å². The highest BCUT2D eigenvalue weighted by atomic mass is 16.2. The summed E-state index contributed by atoms with van der Waals surface area (Å²) >= 11 is 0. The third-order valence-electron chi connectivity index (χ3n) is 3.31. The van der Waals surface area contributed by atoms with Crippen LogP contribution in [-0.2, 0) is 11.3 Å². The smallest absolute Gasteiger partial charge is 0.244 e. The van der Waals surface area contributed by atoms with Gasteiger partial charge in [0.1, 0.15) is 6.54 Å². The fourth-order valence-corrected chi connectivity index (χ4v) is 2.40. The third-order valence-corrected chi connectivity index (χ3v) is 3.31. The van der Waals surface area contributed by atoms with Crippen LogP contribution in [0.15, 0.2) is 18.5 Å². The minimum Gasteiger partial charge on any atom is -0.340 e. The van der Waals surface area contributed by atoms with Gasteiger partial charge in [0.15, 0.2) is 0 Å². The van der Waals surface area contributed by atoms with Crippen LogP contribution in [0.2, 0.25) is 0 Å². The number of carbonyl (C=O) groups excluding carboxylic acids is 1. The molecule has 1 unspecified atom stereocenters. The van der Waals surface area contributed by atoms with Gasteiger partial charge in [-0.3, -0.25) is 9.48 Å². The maximum absolute atomic E-state index is 12.2. The molecule has 1 N–H and O–H groups in total. The summed E-state index contributed by atoms with van der Waals surface area (Å²) in [5.41, 5.74) is 0. The second-order valence-corrected chi connectivity index (χ2v) is 4.84. The van der Waals surface area contributed by atoms with E-state index in [1.807, 2.05) is 17.2 Å². The average Bonchev–Trinajstić information content (AvgIpc) is 3.01. The van der Waals surface area contributed by atoms with Crippen molar-refractivity contribution in [3.05, 3.63) is 18.5 Å². The van der Waals surface area contributed by atoms with E-state index < -0.39 is 0 Å². The van der Waals surface area contributed by atoms with E-state index in [4.69, 9.17) is 0 Å². The van der Waals surface area contributed by atoms with E-state index in [0.29, 0.717) is 12.6 Å². The van der Waals surface area contributed by atoms with Gasteiger partial charge >= 0.3 is 0 Å². The van der Waals surface area contributed by atoms with Gasteiger partial charge in [-0.05, 0) is 31.9 Å². The summed E-state index contributed by atoms with van der Waals surface area (Å²) in [6.45, 7) is 5.19. The van der Waals surface area contributed by atoms with Gasteiger partial charge in [0.05, 0.1) is 0 Å². The minimum absolute atomic E-state index is 0.161. The van der Waals surface area contributed by atoms with Gasteiger partial charge in [-0.1, -0.05) is 6.92 Å². The molecule has 5 heteroatoms. The number of carbonyl (C=O) groups is 1. The first-order chi connectivity index (χ1) is 8.79. The number of rotatable bonds is 6. The van der Waals surface area contributed by atoms with E-state index in [9.17, 15) is 4.79 Å². The molecule has 0 spiro atoms. The number of amides is 1. The highest BCUT2D eigenvalue weighted by molar-refractivity contribution is 5.75. The Morgan fingerprint density at radius 3 is 3.11 bits per heavy atom. The van der Waals surface area contributed by atoms with E-state index in [-0.39, 0.29) is 5.91 Å². The standard InChI is InChI=1S/C13H22N4O/c1-2-8-16(10-12-5-3-6-14-12)13(18)11-17-9-4-7-15-17/h4,7,9,12,14H,2-3,5-6,8,10-11H2,1H3. The molecule has 1 aliphatic rings. The molecule has 1 aromatic rings. The lowest BCUT2D eigenvalue weighted by Gasteiger charge is -2.25. The Labute approximate surface area is 108 Å². The van der Waals surface area contributed by atoms with Crippen LogP contribution in [0.1, 0.15) is 26.2 Å². The molecule has 1 atom stereocenters. The molecule has 1 aliphatic heterocycles. The van der Waals surface area contributed by atoms with Crippen molar-refractivity contribution in [3.63, 3.8) is 0 Å². The lowest BCUT2D eigenvalue weighted by molar-refractivity contribution is -0.132. The number of hydrogen-bond donors (Lipinski definition) is 1. The van der Waals surface area contributed by atoms with Crippen molar-refractivity contribution >= 4 is 5.91 Å². The predicted octanol–water partition coefficient (Wildman–Crippen LogP) is 0.874. The molecular weight excluding hydrogens is 228 g/mol. The van der Waals surface area contributed by atoms with Crippen molar-refractivity contribution < 1.29 is 4.79 Å². The molecule has 18 heavy (non-hydrogen) atoms. The third kappa shape index (κ3) is 3.57. The molecule has 1 saturated heterocycles. The van der Waals surface area contributed by atoms with E-state index in [2.05, 4.69) is 17.3 Å². The van der Waals surface area contributed by atoms with Gasteiger partial charge in [0.25, 0.3) is 0 Å². The van der Waals surface area contributed by atoms with Gasteiger partial charge in [0, 0.05) is 31.5 Å². The Hall–Kier alpha value is -1.36. The first-order valence-electron chi connectivity index (χ1n) is 6.78. The zero-order valence-electron chi connectivity index (χ0n) is 11.0. The van der Waals surface area contributed by atoms with Crippen LogP contribution in [-0.4, -0.2) is 46.3 Å². The topological polar surface area (TPSA) is 50.2 Å². The first kappa shape index (κ1) is 13.1. The maximum atomic E-state index is 12.2.